The standard InChI is InChI=1S/C25H23N5O3S/c1-18(15-22-9-6-14-33-22)16-26-27-23(31)17-34-25-29-28-24(19-7-4-3-5-8-19)30(25)20-10-12-21(32-2)13-11-20/h3-16H,17H2,1-2H3,(H,27,31)/b18-15-,26-16-. The first-order valence-electron chi connectivity index (χ1n) is 10.5. The number of methoxy groups -OCH3 is 1. The summed E-state index contributed by atoms with van der Waals surface area (Å²) in [5.41, 5.74) is 5.17. The molecule has 2 aromatic heterocycles. The van der Waals surface area contributed by atoms with Gasteiger partial charge < -0.3 is 9.15 Å². The number of nitrogens with zero attached hydrogens (tertiary/aromatic N) is 4. The fourth-order valence-corrected chi connectivity index (χ4v) is 3.85. The minimum Gasteiger partial charge on any atom is -0.497 e. The first-order valence-corrected chi connectivity index (χ1v) is 11.4. The lowest BCUT2D eigenvalue weighted by Gasteiger charge is -2.11. The third-order valence-corrected chi connectivity index (χ3v) is 5.63. The Balaban J connectivity index is 1.47. The van der Waals surface area contributed by atoms with Gasteiger partial charge in [-0.25, -0.2) is 5.43 Å². The van der Waals surface area contributed by atoms with Gasteiger partial charge in [0.1, 0.15) is 11.5 Å². The Bertz CT molecular complexity index is 1280. The minimum absolute atomic E-state index is 0.126. The Morgan fingerprint density at radius 1 is 1.12 bits per heavy atom. The monoisotopic (exact) mass is 473 g/mol. The van der Waals surface area contributed by atoms with Gasteiger partial charge in [-0.2, -0.15) is 5.10 Å². The minimum atomic E-state index is -0.252. The number of amides is 1. The van der Waals surface area contributed by atoms with E-state index in [9.17, 15) is 4.79 Å². The topological polar surface area (TPSA) is 94.5 Å². The second-order valence-corrected chi connectivity index (χ2v) is 8.13. The molecule has 0 aliphatic heterocycles. The highest BCUT2D eigenvalue weighted by atomic mass is 32.2. The van der Waals surface area contributed by atoms with Gasteiger partial charge in [0.05, 0.1) is 25.3 Å². The van der Waals surface area contributed by atoms with E-state index in [1.54, 1.807) is 19.6 Å². The maximum absolute atomic E-state index is 12.4. The maximum atomic E-state index is 12.4. The molecule has 0 fully saturated rings. The Morgan fingerprint density at radius 2 is 1.91 bits per heavy atom. The molecule has 34 heavy (non-hydrogen) atoms. The smallest absolute Gasteiger partial charge is 0.250 e. The van der Waals surface area contributed by atoms with Crippen LogP contribution >= 0.6 is 11.8 Å². The highest BCUT2D eigenvalue weighted by molar-refractivity contribution is 7.99. The largest absolute Gasteiger partial charge is 0.497 e. The number of hydrogen-bond acceptors (Lipinski definition) is 7. The predicted octanol–water partition coefficient (Wildman–Crippen LogP) is 4.83. The first-order chi connectivity index (χ1) is 16.6. The van der Waals surface area contributed by atoms with Crippen molar-refractivity contribution in [3.05, 3.63) is 84.3 Å². The number of carbonyl (C=O) groups is 1. The summed E-state index contributed by atoms with van der Waals surface area (Å²) >= 11 is 1.28. The van der Waals surface area contributed by atoms with Crippen LogP contribution < -0.4 is 10.2 Å². The quantitative estimate of drug-likeness (QED) is 0.212. The van der Waals surface area contributed by atoms with Crippen molar-refractivity contribution in [1.29, 1.82) is 0 Å². The fourth-order valence-electron chi connectivity index (χ4n) is 3.11. The number of nitrogens with one attached hydrogen (secondary N) is 1. The number of carbonyl (C=O) groups excluding carboxylic acids is 1. The van der Waals surface area contributed by atoms with Gasteiger partial charge >= 0.3 is 0 Å². The number of thioether (sulfide) groups is 1. The fraction of sp³-hybridized carbons (Fsp3) is 0.120. The zero-order valence-electron chi connectivity index (χ0n) is 18.7. The Morgan fingerprint density at radius 3 is 2.62 bits per heavy atom. The van der Waals surface area contributed by atoms with E-state index in [1.807, 2.05) is 84.3 Å². The molecule has 4 rings (SSSR count). The summed E-state index contributed by atoms with van der Waals surface area (Å²) in [5.74, 6) is 2.03. The molecule has 172 valence electrons. The number of rotatable bonds is 9. The van der Waals surface area contributed by atoms with Gasteiger partial charge in [0.15, 0.2) is 11.0 Å². The summed E-state index contributed by atoms with van der Waals surface area (Å²) < 4.78 is 12.5. The van der Waals surface area contributed by atoms with Crippen LogP contribution in [0.1, 0.15) is 12.7 Å². The molecule has 0 aliphatic rings. The van der Waals surface area contributed by atoms with E-state index < -0.39 is 0 Å². The lowest BCUT2D eigenvalue weighted by Crippen LogP contribution is -2.20. The highest BCUT2D eigenvalue weighted by Gasteiger charge is 2.17. The molecule has 4 aromatic rings. The second-order valence-electron chi connectivity index (χ2n) is 7.19. The SMILES string of the molecule is COc1ccc(-n2c(SCC(=O)N/N=C\C(C)=C/c3ccco3)nnc2-c2ccccc2)cc1. The third kappa shape index (κ3) is 5.81. The summed E-state index contributed by atoms with van der Waals surface area (Å²) in [4.78, 5) is 12.4. The lowest BCUT2D eigenvalue weighted by atomic mass is 10.2. The number of aromatic nitrogens is 3. The van der Waals surface area contributed by atoms with Gasteiger partial charge in [0, 0.05) is 11.3 Å². The van der Waals surface area contributed by atoms with Crippen LogP contribution in [0.4, 0.5) is 0 Å². The zero-order chi connectivity index (χ0) is 23.8. The van der Waals surface area contributed by atoms with E-state index in [0.717, 1.165) is 28.3 Å². The molecule has 0 bridgehead atoms. The molecule has 1 amide bonds. The number of allylic oxidation sites excluding steroid dienone is 1. The van der Waals surface area contributed by atoms with Gasteiger partial charge in [-0.1, -0.05) is 42.1 Å². The maximum Gasteiger partial charge on any atom is 0.250 e. The Labute approximate surface area is 201 Å². The average molecular weight is 474 g/mol. The van der Waals surface area contributed by atoms with Crippen molar-refractivity contribution < 1.29 is 13.9 Å². The summed E-state index contributed by atoms with van der Waals surface area (Å²) in [6.45, 7) is 1.87. The number of hydrogen-bond donors (Lipinski definition) is 1. The van der Waals surface area contributed by atoms with Crippen molar-refractivity contribution in [2.24, 2.45) is 5.10 Å². The molecule has 0 radical (unpaired) electrons. The third-order valence-electron chi connectivity index (χ3n) is 4.70. The van der Waals surface area contributed by atoms with Crippen LogP contribution in [0.5, 0.6) is 5.75 Å². The number of ether oxygens (including phenoxy) is 1. The molecule has 0 saturated heterocycles. The summed E-state index contributed by atoms with van der Waals surface area (Å²) in [5, 5.41) is 13.3. The molecule has 9 heteroatoms. The number of hydrazone groups is 1. The molecule has 0 atom stereocenters. The van der Waals surface area contributed by atoms with Crippen LogP contribution in [0, 0.1) is 0 Å². The second kappa shape index (κ2) is 11.2. The van der Waals surface area contributed by atoms with Crippen molar-refractivity contribution in [1.82, 2.24) is 20.2 Å². The van der Waals surface area contributed by atoms with E-state index in [4.69, 9.17) is 9.15 Å². The van der Waals surface area contributed by atoms with E-state index >= 15 is 0 Å². The van der Waals surface area contributed by atoms with Crippen molar-refractivity contribution in [2.45, 2.75) is 12.1 Å². The van der Waals surface area contributed by atoms with Gasteiger partial charge in [-0.3, -0.25) is 9.36 Å². The number of furan rings is 1. The predicted molar refractivity (Wildman–Crippen MR) is 133 cm³/mol. The zero-order valence-corrected chi connectivity index (χ0v) is 19.5. The van der Waals surface area contributed by atoms with E-state index in [-0.39, 0.29) is 11.7 Å². The lowest BCUT2D eigenvalue weighted by molar-refractivity contribution is -0.118. The molecular formula is C25H23N5O3S. The van der Waals surface area contributed by atoms with Gasteiger partial charge in [-0.05, 0) is 55.0 Å². The van der Waals surface area contributed by atoms with Crippen LogP contribution in [0.3, 0.4) is 0 Å². The molecule has 8 nitrogen and oxygen atoms in total. The normalized spacial score (nSPS) is 11.6. The van der Waals surface area contributed by atoms with E-state index in [2.05, 4.69) is 20.7 Å². The van der Waals surface area contributed by atoms with Gasteiger partial charge in [0.2, 0.25) is 0 Å². The van der Waals surface area contributed by atoms with Crippen LogP contribution in [0.25, 0.3) is 23.2 Å². The molecule has 0 saturated carbocycles. The van der Waals surface area contributed by atoms with Crippen molar-refractivity contribution in [2.75, 3.05) is 12.9 Å². The van der Waals surface area contributed by atoms with Crippen molar-refractivity contribution >= 4 is 30.0 Å². The Kier molecular flexibility index (Phi) is 7.56. The number of benzene rings is 2. The molecular weight excluding hydrogens is 450 g/mol. The first kappa shape index (κ1) is 23.1. The molecule has 1 N–H and O–H groups in total. The molecule has 2 aromatic carbocycles. The summed E-state index contributed by atoms with van der Waals surface area (Å²) in [6, 6.07) is 21.0. The summed E-state index contributed by atoms with van der Waals surface area (Å²) in [6.07, 6.45) is 4.99. The van der Waals surface area contributed by atoms with Crippen LogP contribution in [0.15, 0.2) is 93.2 Å². The molecule has 0 spiro atoms. The summed E-state index contributed by atoms with van der Waals surface area (Å²) in [7, 11) is 1.62. The van der Waals surface area contributed by atoms with Gasteiger partial charge in [0.25, 0.3) is 5.91 Å². The molecule has 0 unspecified atom stereocenters. The van der Waals surface area contributed by atoms with Crippen LogP contribution in [-0.2, 0) is 4.79 Å². The van der Waals surface area contributed by atoms with Crippen molar-refractivity contribution in [3.8, 4) is 22.8 Å². The molecule has 0 aliphatic carbocycles. The Hall–Kier alpha value is -4.11. The van der Waals surface area contributed by atoms with Crippen LogP contribution in [-0.4, -0.2) is 39.7 Å². The van der Waals surface area contributed by atoms with E-state index in [1.165, 1.54) is 11.8 Å². The van der Waals surface area contributed by atoms with Gasteiger partial charge in [-0.15, -0.1) is 10.2 Å². The highest BCUT2D eigenvalue weighted by Crippen LogP contribution is 2.28. The molecule has 2 heterocycles. The van der Waals surface area contributed by atoms with Crippen LogP contribution in [0.2, 0.25) is 0 Å². The van der Waals surface area contributed by atoms with E-state index in [0.29, 0.717) is 11.0 Å². The van der Waals surface area contributed by atoms with Crippen molar-refractivity contribution in [3.63, 3.8) is 0 Å². The average Bonchev–Trinajstić information content (AvgIpc) is 3.53.